The number of nitrogens with one attached hydrogen (secondary N) is 9. The quantitative estimate of drug-likeness (QED) is 0.0213. The van der Waals surface area contributed by atoms with E-state index in [-0.39, 0.29) is 74.8 Å². The smallest absolute Gasteiger partial charge is 0.408 e. The van der Waals surface area contributed by atoms with Crippen LogP contribution in [-0.4, -0.2) is 231 Å². The minimum Gasteiger partial charge on any atom is -0.480 e. The fourth-order valence-corrected chi connectivity index (χ4v) is 23.9. The molecule has 6 aromatic rings. The van der Waals surface area contributed by atoms with Crippen molar-refractivity contribution in [1.29, 1.82) is 0 Å². The van der Waals surface area contributed by atoms with E-state index in [1.54, 1.807) is 80.5 Å². The van der Waals surface area contributed by atoms with Crippen molar-refractivity contribution >= 4 is 82.2 Å². The molecule has 0 radical (unpaired) electrons. The van der Waals surface area contributed by atoms with Crippen LogP contribution in [0.15, 0.2) is 170 Å². The number of ether oxygens (including phenoxy) is 5. The van der Waals surface area contributed by atoms with Crippen molar-refractivity contribution in [3.8, 4) is 0 Å². The molecular formula is C105H128F4N12O22. The van der Waals surface area contributed by atoms with Crippen LogP contribution >= 0.6 is 0 Å². The summed E-state index contributed by atoms with van der Waals surface area (Å²) in [5.41, 5.74) is -1.59. The highest BCUT2D eigenvalue weighted by Gasteiger charge is 2.82. The normalized spacial score (nSPS) is 31.6. The fraction of sp³-hybridized carbons (Fsp3) is 0.524. The SMILES string of the molecule is CC(C)(C)OC(=O)N[C@@H](Cc1cnc[nH]1)C(=O)O.C[C@H](N)C(=O)N[C@@H](C)C(=O)Nc1cccc(Cc2ccc(C3O[C@@H]4C[C@H]5[C@@H]6C[C@H](F)C7=CC(=O)C=C[C@]7(C)[C@@]6(F)[C@@H](O)C[C@]5(C)[C@]4(C(=O)CO)O3)cc2)c1.C[C@H](NC(=O)[C@H](C)NC(=O)[C@H](Cc1cnc[nH]1)NC(=O)OC(C)(C)C)C(=O)Nc1cccc(Cc2ccc([C@H]3C[C@]4(C(=O)CO)[C@@H](C[C@H]5[C@@H]6C[C@H](F)C7=CC(=O)C=C[C@]7(C)[C@@]6(F)[C@@H](O)C[C@@]54C)O3)cc2)c1. The van der Waals surface area contributed by atoms with Gasteiger partial charge in [0, 0.05) is 81.6 Å². The number of allylic oxidation sites excluding steroid dienone is 8. The van der Waals surface area contributed by atoms with Gasteiger partial charge >= 0.3 is 18.2 Å². The molecule has 768 valence electrons. The molecule has 4 heterocycles. The van der Waals surface area contributed by atoms with Gasteiger partial charge in [0.15, 0.2) is 46.4 Å². The number of carboxylic acid groups (broad SMARTS) is 1. The number of nitrogens with zero attached hydrogens (tertiary/aromatic N) is 2. The maximum Gasteiger partial charge on any atom is 0.408 e. The third-order valence-electron chi connectivity index (χ3n) is 30.9. The van der Waals surface area contributed by atoms with Crippen LogP contribution in [0.4, 0.5) is 38.5 Å². The minimum atomic E-state index is -2.33. The molecule has 2 aromatic heterocycles. The van der Waals surface area contributed by atoms with Crippen molar-refractivity contribution in [1.82, 2.24) is 46.5 Å². The van der Waals surface area contributed by atoms with Crippen molar-refractivity contribution in [2.24, 2.45) is 56.5 Å². The van der Waals surface area contributed by atoms with Gasteiger partial charge < -0.3 is 102 Å². The Morgan fingerprint density at radius 1 is 0.524 bits per heavy atom. The molecule has 34 nitrogen and oxygen atoms in total. The Morgan fingerprint density at radius 3 is 1.41 bits per heavy atom. The highest BCUT2D eigenvalue weighted by atomic mass is 19.2. The number of amides is 7. The van der Waals surface area contributed by atoms with E-state index in [2.05, 4.69) is 57.2 Å². The standard InChI is InChI=1S/C53H64F2N6O10.C41H47F2N3O8.C11H17N3O4/c1-28(59-47(68)40(19-34-25-56-27-57-34)61-48(69)71-49(3,4)5)45(66)58-29(2)46(67)60-33-10-8-9-31(18-33)17-30-11-13-32(14-12-30)41-23-52(43(65)26-62)44(70-41)22-36-37-21-39(54)38-20-35(63)15-16-50(38,6)53(37,55)42(64)24-51(36,52)7;1-21(44)35(51)45-22(2)36(52)46-26-7-5-6-24(15-26)14-23-8-10-25(11-9-23)37-53-34-18-28-29-17-31(42)30-16-27(48)12-13-38(30,3)40(29,43)32(49)19-39(28,4)41(34,54-37)33(50)20-47;1-11(2,3)18-10(17)14-8(9(15)16)4-7-5-12-6-13-7/h8-16,18,20,25,27-29,36-37,39-42,44,62,64H,17,19,21-24,26H2,1-7H3,(H,56,57)(H,58,66)(H,59,68)(H,60,67)(H,61,69);5-13,15-16,21-22,28-29,31-32,34,37,47,49H,14,17-20,44H2,1-4H3,(H,45,51)(H,46,52);5-6,8H,4H2,1-3H3,(H,12,13)(H,14,17)(H,15,16)/t28-,29-,36-,37-,39-,40-,41+,42-,44+,50-,51-,52-,53-;21-,22-,28-,29-,31-,32-,34+,37?,38-,39-,40-,41+;8-/m000/s1. The zero-order valence-electron chi connectivity index (χ0n) is 82.3. The maximum absolute atomic E-state index is 17.8. The Labute approximate surface area is 824 Å². The third kappa shape index (κ3) is 20.7. The molecular weight excluding hydrogens is 1860 g/mol. The number of rotatable bonds is 27. The predicted molar refractivity (Wildman–Crippen MR) is 512 cm³/mol. The summed E-state index contributed by atoms with van der Waals surface area (Å²) in [6.45, 7) is 21.3. The summed E-state index contributed by atoms with van der Waals surface area (Å²) in [7, 11) is 0. The van der Waals surface area contributed by atoms with E-state index < -0.39 is 242 Å². The highest BCUT2D eigenvalue weighted by molar-refractivity contribution is 6.03. The number of Topliss-reactive ketones (excluding diaryl/α,β-unsaturated/α-hetero) is 2. The summed E-state index contributed by atoms with van der Waals surface area (Å²) in [5.74, 6) is -8.89. The van der Waals surface area contributed by atoms with Gasteiger partial charge in [-0.05, 0) is 246 Å². The van der Waals surface area contributed by atoms with E-state index in [0.29, 0.717) is 41.2 Å². The van der Waals surface area contributed by atoms with E-state index in [1.165, 1.54) is 77.0 Å². The lowest BCUT2D eigenvalue weighted by atomic mass is 9.42. The summed E-state index contributed by atoms with van der Waals surface area (Å²) < 4.78 is 97.5. The number of carboxylic acids is 1. The molecule has 0 bridgehead atoms. The largest absolute Gasteiger partial charge is 0.480 e. The number of carbonyl (C=O) groups is 12. The van der Waals surface area contributed by atoms with Gasteiger partial charge in [0.05, 0.1) is 54.6 Å². The second-order valence-electron chi connectivity index (χ2n) is 42.4. The van der Waals surface area contributed by atoms with E-state index in [0.717, 1.165) is 40.0 Å². The number of imidazole rings is 2. The van der Waals surface area contributed by atoms with Crippen LogP contribution in [0.3, 0.4) is 0 Å². The van der Waals surface area contributed by atoms with Crippen molar-refractivity contribution in [2.75, 3.05) is 23.8 Å². The molecule has 2 aliphatic heterocycles. The highest BCUT2D eigenvalue weighted by Crippen LogP contribution is 2.77. The topological polar surface area (TPSA) is 520 Å². The van der Waals surface area contributed by atoms with Gasteiger partial charge in [-0.1, -0.05) is 98.8 Å². The molecule has 7 amide bonds. The summed E-state index contributed by atoms with van der Waals surface area (Å²) in [5, 5.41) is 71.6. The van der Waals surface area contributed by atoms with Crippen molar-refractivity contribution in [2.45, 2.75) is 281 Å². The number of benzene rings is 4. The number of alkyl carbamates (subject to hydrolysis) is 2. The van der Waals surface area contributed by atoms with E-state index in [1.807, 2.05) is 85.8 Å². The number of ketones is 4. The van der Waals surface area contributed by atoms with Crippen LogP contribution in [0.25, 0.3) is 0 Å². The number of aliphatic hydroxyl groups is 4. The molecule has 0 spiro atoms. The molecule has 6 saturated carbocycles. The number of hydrogen-bond acceptors (Lipinski definition) is 24. The molecule has 38 heteroatoms. The molecule has 143 heavy (non-hydrogen) atoms. The molecule has 4 aromatic carbocycles. The van der Waals surface area contributed by atoms with Crippen LogP contribution in [0.1, 0.15) is 199 Å². The second-order valence-corrected chi connectivity index (χ2v) is 42.4. The number of aliphatic hydroxyl groups excluding tert-OH is 4. The Kier molecular flexibility index (Phi) is 30.6. The first kappa shape index (κ1) is 106. The average molecular weight is 1990 g/mol. The van der Waals surface area contributed by atoms with Crippen LogP contribution in [0.5, 0.6) is 0 Å². The molecule has 8 aliphatic carbocycles. The maximum atomic E-state index is 17.8. The lowest BCUT2D eigenvalue weighted by molar-refractivity contribution is -0.235. The van der Waals surface area contributed by atoms with E-state index in [9.17, 15) is 78.0 Å². The summed E-state index contributed by atoms with van der Waals surface area (Å²) in [6, 6.07) is 23.9. The molecule has 26 atom stereocenters. The van der Waals surface area contributed by atoms with Crippen LogP contribution in [0, 0.1) is 50.7 Å². The summed E-state index contributed by atoms with van der Waals surface area (Å²) in [4.78, 5) is 165. The first-order valence-corrected chi connectivity index (χ1v) is 48.2. The minimum absolute atomic E-state index is 0.0147. The number of aliphatic carboxylic acids is 1. The van der Waals surface area contributed by atoms with Crippen LogP contribution in [-0.2, 0) is 97.3 Å². The first-order chi connectivity index (χ1) is 67.2. The number of H-pyrrole nitrogens is 2. The lowest BCUT2D eigenvalue weighted by Crippen LogP contribution is -2.70. The van der Waals surface area contributed by atoms with Crippen molar-refractivity contribution < 1.29 is 124 Å². The average Bonchev–Trinajstić information content (AvgIpc) is 1.53. The third-order valence-corrected chi connectivity index (χ3v) is 30.9. The van der Waals surface area contributed by atoms with Gasteiger partial charge in [-0.25, -0.2) is 41.9 Å². The summed E-state index contributed by atoms with van der Waals surface area (Å²) in [6.07, 6.45) is 3.08. The number of anilines is 2. The number of carbonyl (C=O) groups excluding carboxylic acids is 11. The van der Waals surface area contributed by atoms with Gasteiger partial charge in [-0.2, -0.15) is 0 Å². The van der Waals surface area contributed by atoms with E-state index in [4.69, 9.17) is 34.5 Å². The fourth-order valence-electron chi connectivity index (χ4n) is 23.9. The molecule has 1 unspecified atom stereocenters. The van der Waals surface area contributed by atoms with E-state index >= 15 is 17.6 Å². The monoisotopic (exact) mass is 1980 g/mol. The zero-order valence-corrected chi connectivity index (χ0v) is 82.3. The number of alkyl halides is 4. The molecule has 8 fully saturated rings. The van der Waals surface area contributed by atoms with Gasteiger partial charge in [-0.15, -0.1) is 0 Å². The number of nitrogens with two attached hydrogens (primary N) is 1. The molecule has 16 rings (SSSR count). The Bertz CT molecular complexity index is 5970. The predicted octanol–water partition coefficient (Wildman–Crippen LogP) is 10.0. The zero-order chi connectivity index (χ0) is 104. The number of aromatic amines is 2. The van der Waals surface area contributed by atoms with Gasteiger partial charge in [0.1, 0.15) is 67.0 Å². The second kappa shape index (κ2) is 41.1. The number of halogens is 4. The van der Waals surface area contributed by atoms with Gasteiger partial charge in [0.25, 0.3) is 0 Å². The first-order valence-electron chi connectivity index (χ1n) is 48.2. The van der Waals surface area contributed by atoms with Gasteiger partial charge in [-0.3, -0.25) is 43.2 Å². The van der Waals surface area contributed by atoms with Crippen LogP contribution in [0.2, 0.25) is 0 Å². The van der Waals surface area contributed by atoms with Crippen molar-refractivity contribution in [3.63, 3.8) is 0 Å². The molecule has 16 N–H and O–H groups in total. The Morgan fingerprint density at radius 2 is 0.958 bits per heavy atom. The van der Waals surface area contributed by atoms with Crippen LogP contribution < -0.4 is 43.0 Å². The van der Waals surface area contributed by atoms with Gasteiger partial charge in [0.2, 0.25) is 29.5 Å². The molecule has 10 aliphatic rings. The molecule has 2 saturated heterocycles. The lowest BCUT2D eigenvalue weighted by Gasteiger charge is -2.63. The Hall–Kier alpha value is -12.3. The number of fused-ring (bicyclic) bond motifs is 14. The number of hydrogen-bond donors (Lipinski definition) is 15. The van der Waals surface area contributed by atoms with Crippen molar-refractivity contribution in [3.05, 3.63) is 214 Å². The Balaban J connectivity index is 0.000000198. The summed E-state index contributed by atoms with van der Waals surface area (Å²) >= 11 is 0. The number of aromatic nitrogens is 4.